The van der Waals surface area contributed by atoms with Gasteiger partial charge < -0.3 is 5.32 Å². The van der Waals surface area contributed by atoms with Gasteiger partial charge in [0.15, 0.2) is 0 Å². The Bertz CT molecular complexity index is 758. The number of aryl methyl sites for hydroxylation is 2. The lowest BCUT2D eigenvalue weighted by Crippen LogP contribution is -2.47. The van der Waals surface area contributed by atoms with E-state index in [-0.39, 0.29) is 17.7 Å². The third-order valence-electron chi connectivity index (χ3n) is 4.07. The molecular weight excluding hydrogens is 348 g/mol. The fraction of sp³-hybridized carbons (Fsp3) is 0.474. The molecule has 0 aliphatic heterocycles. The Morgan fingerprint density at radius 2 is 1.92 bits per heavy atom. The number of aromatic nitrogens is 2. The van der Waals surface area contributed by atoms with E-state index in [9.17, 15) is 9.59 Å². The largest absolute Gasteiger partial charge is 0.340 e. The minimum atomic E-state index is -0.648. The first-order valence-corrected chi connectivity index (χ1v) is 9.73. The van der Waals surface area contributed by atoms with Crippen LogP contribution in [-0.4, -0.2) is 28.1 Å². The van der Waals surface area contributed by atoms with Gasteiger partial charge in [-0.3, -0.25) is 14.9 Å². The van der Waals surface area contributed by atoms with E-state index in [1.807, 2.05) is 39.0 Å². The molecule has 1 heterocycles. The fourth-order valence-corrected chi connectivity index (χ4v) is 3.28. The van der Waals surface area contributed by atoms with Crippen LogP contribution in [0.5, 0.6) is 0 Å². The van der Waals surface area contributed by atoms with E-state index >= 15 is 0 Å². The lowest BCUT2D eigenvalue weighted by molar-refractivity contribution is -0.118. The van der Waals surface area contributed by atoms with Crippen molar-refractivity contribution in [1.29, 1.82) is 0 Å². The predicted molar refractivity (Wildman–Crippen MR) is 104 cm³/mol. The number of rotatable bonds is 8. The lowest BCUT2D eigenvalue weighted by Gasteiger charge is -2.21. The third-order valence-corrected chi connectivity index (χ3v) is 4.97. The molecule has 1 aromatic carbocycles. The summed E-state index contributed by atoms with van der Waals surface area (Å²) in [5.41, 5.74) is 1.45. The standard InChI is InChI=1S/C19H26N4O2S/c1-5-6-11-15-22-23-19(26-15)21-18(25)16(12(2)3)20-17(24)14-10-8-7-9-13(14)4/h7-10,12,16H,5-6,11H2,1-4H3,(H,20,24)(H,21,23,25). The van der Waals surface area contributed by atoms with Crippen LogP contribution in [0.15, 0.2) is 24.3 Å². The maximum atomic E-state index is 12.6. The quantitative estimate of drug-likeness (QED) is 0.740. The van der Waals surface area contributed by atoms with E-state index in [0.29, 0.717) is 10.7 Å². The number of anilines is 1. The molecule has 1 atom stereocenters. The van der Waals surface area contributed by atoms with Gasteiger partial charge in [0.2, 0.25) is 11.0 Å². The molecule has 0 spiro atoms. The van der Waals surface area contributed by atoms with Gasteiger partial charge in [0, 0.05) is 12.0 Å². The number of hydrogen-bond donors (Lipinski definition) is 2. The summed E-state index contributed by atoms with van der Waals surface area (Å²) in [6.07, 6.45) is 2.99. The summed E-state index contributed by atoms with van der Waals surface area (Å²) in [5, 5.41) is 15.1. The minimum Gasteiger partial charge on any atom is -0.340 e. The number of carbonyl (C=O) groups is 2. The molecule has 140 valence electrons. The van der Waals surface area contributed by atoms with Gasteiger partial charge in [-0.1, -0.05) is 56.7 Å². The Morgan fingerprint density at radius 3 is 2.58 bits per heavy atom. The third kappa shape index (κ3) is 5.36. The molecular formula is C19H26N4O2S. The van der Waals surface area contributed by atoms with E-state index < -0.39 is 6.04 Å². The number of amides is 2. The Labute approximate surface area is 158 Å². The smallest absolute Gasteiger partial charge is 0.252 e. The number of nitrogens with one attached hydrogen (secondary N) is 2. The van der Waals surface area contributed by atoms with Crippen molar-refractivity contribution in [3.05, 3.63) is 40.4 Å². The van der Waals surface area contributed by atoms with Gasteiger partial charge >= 0.3 is 0 Å². The molecule has 2 amide bonds. The van der Waals surface area contributed by atoms with Crippen molar-refractivity contribution in [2.45, 2.75) is 53.0 Å². The average Bonchev–Trinajstić information content (AvgIpc) is 3.04. The summed E-state index contributed by atoms with van der Waals surface area (Å²) >= 11 is 1.38. The van der Waals surface area contributed by atoms with Crippen molar-refractivity contribution in [3.63, 3.8) is 0 Å². The maximum absolute atomic E-state index is 12.6. The van der Waals surface area contributed by atoms with Crippen LogP contribution in [0.3, 0.4) is 0 Å². The first-order valence-electron chi connectivity index (χ1n) is 8.92. The molecule has 0 aliphatic carbocycles. The van der Waals surface area contributed by atoms with Gasteiger partial charge in [0.1, 0.15) is 11.0 Å². The molecule has 6 nitrogen and oxygen atoms in total. The van der Waals surface area contributed by atoms with Crippen LogP contribution in [-0.2, 0) is 11.2 Å². The van der Waals surface area contributed by atoms with Crippen LogP contribution in [0, 0.1) is 12.8 Å². The van der Waals surface area contributed by atoms with Crippen molar-refractivity contribution in [3.8, 4) is 0 Å². The number of hydrogen-bond acceptors (Lipinski definition) is 5. The summed E-state index contributed by atoms with van der Waals surface area (Å²) in [4.78, 5) is 25.2. The van der Waals surface area contributed by atoms with Crippen molar-refractivity contribution >= 4 is 28.3 Å². The van der Waals surface area contributed by atoms with Crippen molar-refractivity contribution in [2.24, 2.45) is 5.92 Å². The summed E-state index contributed by atoms with van der Waals surface area (Å²) in [7, 11) is 0. The molecule has 0 aliphatic rings. The van der Waals surface area contributed by atoms with Crippen LogP contribution in [0.4, 0.5) is 5.13 Å². The summed E-state index contributed by atoms with van der Waals surface area (Å²) in [6.45, 7) is 7.79. The number of unbranched alkanes of at least 4 members (excludes halogenated alkanes) is 1. The molecule has 1 unspecified atom stereocenters. The predicted octanol–water partition coefficient (Wildman–Crippen LogP) is 3.58. The molecule has 7 heteroatoms. The molecule has 0 fully saturated rings. The highest BCUT2D eigenvalue weighted by molar-refractivity contribution is 7.15. The monoisotopic (exact) mass is 374 g/mol. The number of carbonyl (C=O) groups excluding carboxylic acids is 2. The highest BCUT2D eigenvalue weighted by Crippen LogP contribution is 2.18. The Hall–Kier alpha value is -2.28. The van der Waals surface area contributed by atoms with Gasteiger partial charge in [0.25, 0.3) is 5.91 Å². The highest BCUT2D eigenvalue weighted by Gasteiger charge is 2.26. The summed E-state index contributed by atoms with van der Waals surface area (Å²) < 4.78 is 0. The molecule has 0 saturated heterocycles. The number of benzene rings is 1. The molecule has 1 aromatic heterocycles. The zero-order chi connectivity index (χ0) is 19.1. The minimum absolute atomic E-state index is 0.0598. The average molecular weight is 375 g/mol. The van der Waals surface area contributed by atoms with Crippen LogP contribution < -0.4 is 10.6 Å². The van der Waals surface area contributed by atoms with Crippen molar-refractivity contribution < 1.29 is 9.59 Å². The van der Waals surface area contributed by atoms with Crippen LogP contribution in [0.25, 0.3) is 0 Å². The molecule has 0 radical (unpaired) electrons. The normalized spacial score (nSPS) is 12.0. The Morgan fingerprint density at radius 1 is 1.19 bits per heavy atom. The Balaban J connectivity index is 2.04. The van der Waals surface area contributed by atoms with E-state index in [4.69, 9.17) is 0 Å². The molecule has 2 aromatic rings. The van der Waals surface area contributed by atoms with Gasteiger partial charge in [-0.25, -0.2) is 0 Å². The molecule has 26 heavy (non-hydrogen) atoms. The highest BCUT2D eigenvalue weighted by atomic mass is 32.1. The second kappa shape index (κ2) is 9.43. The second-order valence-electron chi connectivity index (χ2n) is 6.60. The summed E-state index contributed by atoms with van der Waals surface area (Å²) in [5.74, 6) is -0.589. The van der Waals surface area contributed by atoms with Crippen molar-refractivity contribution in [2.75, 3.05) is 5.32 Å². The first-order chi connectivity index (χ1) is 12.4. The molecule has 0 saturated carbocycles. The van der Waals surface area contributed by atoms with Crippen LogP contribution >= 0.6 is 11.3 Å². The molecule has 2 rings (SSSR count). The Kier molecular flexibility index (Phi) is 7.26. The van der Waals surface area contributed by atoms with E-state index in [1.54, 1.807) is 6.07 Å². The first kappa shape index (κ1) is 20.0. The zero-order valence-corrected chi connectivity index (χ0v) is 16.5. The number of nitrogens with zero attached hydrogens (tertiary/aromatic N) is 2. The van der Waals surface area contributed by atoms with Gasteiger partial charge in [-0.2, -0.15) is 0 Å². The molecule has 0 bridgehead atoms. The second-order valence-corrected chi connectivity index (χ2v) is 7.67. The maximum Gasteiger partial charge on any atom is 0.252 e. The van der Waals surface area contributed by atoms with E-state index in [1.165, 1.54) is 11.3 Å². The van der Waals surface area contributed by atoms with Gasteiger partial charge in [0.05, 0.1) is 0 Å². The van der Waals surface area contributed by atoms with E-state index in [0.717, 1.165) is 29.8 Å². The van der Waals surface area contributed by atoms with Gasteiger partial charge in [-0.05, 0) is 30.9 Å². The van der Waals surface area contributed by atoms with Gasteiger partial charge in [-0.15, -0.1) is 10.2 Å². The SMILES string of the molecule is CCCCc1nnc(NC(=O)C(NC(=O)c2ccccc2C)C(C)C)s1. The fourth-order valence-electron chi connectivity index (χ4n) is 2.50. The lowest BCUT2D eigenvalue weighted by atomic mass is 10.0. The van der Waals surface area contributed by atoms with Crippen LogP contribution in [0.1, 0.15) is 54.5 Å². The molecule has 2 N–H and O–H groups in total. The van der Waals surface area contributed by atoms with E-state index in [2.05, 4.69) is 27.8 Å². The van der Waals surface area contributed by atoms with Crippen molar-refractivity contribution in [1.82, 2.24) is 15.5 Å². The van der Waals surface area contributed by atoms with Crippen LogP contribution in [0.2, 0.25) is 0 Å². The topological polar surface area (TPSA) is 84.0 Å². The zero-order valence-electron chi connectivity index (χ0n) is 15.7. The summed E-state index contributed by atoms with van der Waals surface area (Å²) in [6, 6.07) is 6.67.